The highest BCUT2D eigenvalue weighted by Gasteiger charge is 2.63. The van der Waals surface area contributed by atoms with Crippen LogP contribution in [0.1, 0.15) is 111 Å². The van der Waals surface area contributed by atoms with E-state index >= 15 is 0 Å². The Morgan fingerprint density at radius 1 is 1.04 bits per heavy atom. The molecule has 3 N–H and O–H groups in total. The standard InChI is InChI=1S/C47H55F4N7O8S2/c1-26(2)58-35-16-12-14-30(39-52-34(25-67-39)27-17-18-32(48)31(21-27)47(49,50)51)37(35)54-42(58)65-29-22-36-38(59)55-46(41(61)56-68(63,64)45(6)19-20-45)23-28(46)13-10-8-7-9-11-15-33(40(60)57(36)24-29)53-43(62)66-44(3,4)5/h10,12-14,16-18,21,25-26,28-29,33,36H,7-9,11,15,19-20,22-24H2,1-6H3,(H,53,62)(H,55,59)(H,56,61)/b13-10-/t28-,29-,33+,36+,46-/m1/s1. The van der Waals surface area contributed by atoms with Gasteiger partial charge in [-0.05, 0) is 110 Å². The van der Waals surface area contributed by atoms with Crippen LogP contribution < -0.4 is 20.1 Å². The van der Waals surface area contributed by atoms with Crippen LogP contribution in [-0.2, 0) is 35.3 Å². The van der Waals surface area contributed by atoms with Crippen molar-refractivity contribution in [2.24, 2.45) is 5.92 Å². The first-order valence-corrected chi connectivity index (χ1v) is 25.1. The normalized spacial score (nSPS) is 24.8. The molecule has 4 amide bonds. The van der Waals surface area contributed by atoms with Gasteiger partial charge in [0.2, 0.25) is 21.8 Å². The van der Waals surface area contributed by atoms with E-state index in [0.717, 1.165) is 29.9 Å². The number of aromatic nitrogens is 3. The average Bonchev–Trinajstić information content (AvgIpc) is 3.92. The summed E-state index contributed by atoms with van der Waals surface area (Å²) in [6, 6.07) is 5.62. The summed E-state index contributed by atoms with van der Waals surface area (Å²) in [5.41, 5.74) is -1.98. The van der Waals surface area contributed by atoms with Gasteiger partial charge in [-0.2, -0.15) is 18.2 Å². The van der Waals surface area contributed by atoms with Crippen molar-refractivity contribution < 1.29 is 54.6 Å². The fourth-order valence-electron chi connectivity index (χ4n) is 8.83. The average molecular weight is 986 g/mol. The number of carbonyl (C=O) groups excluding carboxylic acids is 4. The van der Waals surface area contributed by atoms with Gasteiger partial charge in [0.25, 0.3) is 11.9 Å². The van der Waals surface area contributed by atoms with E-state index in [1.807, 2.05) is 36.6 Å². The quantitative estimate of drug-likeness (QED) is 0.109. The summed E-state index contributed by atoms with van der Waals surface area (Å²) < 4.78 is 96.6. The molecule has 2 aromatic carbocycles. The van der Waals surface area contributed by atoms with Gasteiger partial charge in [-0.15, -0.1) is 11.3 Å². The SMILES string of the molecule is CC(C)n1c(O[C@@H]2C[C@H]3C(=O)N[C@]4(C(=O)NS(=O)(=O)C5(C)CC5)C[C@H]4/C=C\CCCCC[C@H](NC(=O)OC(C)(C)C)C(=O)N3C2)nc2c(-c3nc(-c4ccc(F)c(C(F)(F)F)c4)cs3)cccc21. The molecule has 366 valence electrons. The molecule has 21 heteroatoms. The fraction of sp³-hybridized carbons (Fsp3) is 0.532. The van der Waals surface area contributed by atoms with Gasteiger partial charge in [0.15, 0.2) is 0 Å². The molecular formula is C47H55F4N7O8S2. The molecule has 4 aromatic rings. The van der Waals surface area contributed by atoms with Crippen LogP contribution in [0.3, 0.4) is 0 Å². The maximum Gasteiger partial charge on any atom is 0.419 e. The zero-order valence-corrected chi connectivity index (χ0v) is 40.2. The minimum atomic E-state index is -4.90. The largest absolute Gasteiger partial charge is 0.459 e. The highest BCUT2D eigenvalue weighted by molar-refractivity contribution is 7.91. The second-order valence-corrected chi connectivity index (χ2v) is 22.7. The molecule has 1 saturated heterocycles. The minimum Gasteiger partial charge on any atom is -0.459 e. The van der Waals surface area contributed by atoms with E-state index in [1.54, 1.807) is 45.2 Å². The van der Waals surface area contributed by atoms with Gasteiger partial charge in [-0.1, -0.05) is 31.1 Å². The number of fused-ring (bicyclic) bond motifs is 3. The van der Waals surface area contributed by atoms with Crippen molar-refractivity contribution in [3.63, 3.8) is 0 Å². The lowest BCUT2D eigenvalue weighted by atomic mass is 10.0. The summed E-state index contributed by atoms with van der Waals surface area (Å²) in [6.45, 7) is 10.3. The van der Waals surface area contributed by atoms with E-state index < -0.39 is 91.4 Å². The lowest BCUT2D eigenvalue weighted by Crippen LogP contribution is -2.58. The van der Waals surface area contributed by atoms with Gasteiger partial charge in [-0.3, -0.25) is 23.7 Å². The Hall–Kier alpha value is -5.57. The Morgan fingerprint density at radius 2 is 1.79 bits per heavy atom. The highest BCUT2D eigenvalue weighted by Crippen LogP contribution is 2.48. The molecule has 0 bridgehead atoms. The van der Waals surface area contributed by atoms with Crippen LogP contribution in [0.25, 0.3) is 32.9 Å². The molecule has 3 fully saturated rings. The number of carbonyl (C=O) groups is 4. The smallest absolute Gasteiger partial charge is 0.419 e. The summed E-state index contributed by atoms with van der Waals surface area (Å²) in [6.07, 6.45) is 0.848. The zero-order valence-electron chi connectivity index (χ0n) is 38.5. The Balaban J connectivity index is 1.12. The van der Waals surface area contributed by atoms with Crippen molar-refractivity contribution >= 4 is 56.2 Å². The maximum absolute atomic E-state index is 14.8. The second-order valence-electron chi connectivity index (χ2n) is 19.7. The van der Waals surface area contributed by atoms with Crippen molar-refractivity contribution in [1.29, 1.82) is 0 Å². The number of allylic oxidation sites excluding steroid dienone is 1. The lowest BCUT2D eigenvalue weighted by molar-refractivity contribution is -0.141. The number of nitrogens with one attached hydrogen (secondary N) is 3. The maximum atomic E-state index is 14.8. The summed E-state index contributed by atoms with van der Waals surface area (Å²) in [5.74, 6) is -4.05. The van der Waals surface area contributed by atoms with Crippen molar-refractivity contribution in [2.75, 3.05) is 6.54 Å². The molecule has 4 aliphatic rings. The highest BCUT2D eigenvalue weighted by atomic mass is 32.2. The van der Waals surface area contributed by atoms with Crippen molar-refractivity contribution in [3.05, 3.63) is 65.3 Å². The molecule has 2 aliphatic heterocycles. The summed E-state index contributed by atoms with van der Waals surface area (Å²) in [4.78, 5) is 67.5. The molecule has 15 nitrogen and oxygen atoms in total. The Kier molecular flexibility index (Phi) is 13.0. The van der Waals surface area contributed by atoms with Crippen molar-refractivity contribution in [2.45, 2.75) is 146 Å². The summed E-state index contributed by atoms with van der Waals surface area (Å²) >= 11 is 1.16. The summed E-state index contributed by atoms with van der Waals surface area (Å²) in [7, 11) is -4.07. The van der Waals surface area contributed by atoms with Crippen LogP contribution in [0.4, 0.5) is 22.4 Å². The van der Waals surface area contributed by atoms with E-state index in [1.165, 1.54) is 11.0 Å². The molecule has 8 rings (SSSR count). The third kappa shape index (κ3) is 9.95. The first-order valence-electron chi connectivity index (χ1n) is 22.8. The van der Waals surface area contributed by atoms with E-state index in [-0.39, 0.29) is 49.1 Å². The van der Waals surface area contributed by atoms with Gasteiger partial charge in [0.1, 0.15) is 45.7 Å². The van der Waals surface area contributed by atoms with Crippen LogP contribution >= 0.6 is 11.3 Å². The Bertz CT molecular complexity index is 2780. The molecule has 68 heavy (non-hydrogen) atoms. The predicted octanol–water partition coefficient (Wildman–Crippen LogP) is 8.20. The number of alkyl halides is 3. The van der Waals surface area contributed by atoms with Crippen LogP contribution in [0.5, 0.6) is 6.01 Å². The molecule has 2 aliphatic carbocycles. The molecule has 4 heterocycles. The number of sulfonamides is 1. The van der Waals surface area contributed by atoms with Crippen LogP contribution in [-0.4, -0.2) is 92.3 Å². The number of hydrogen-bond donors (Lipinski definition) is 3. The minimum absolute atomic E-state index is 0.0765. The first kappa shape index (κ1) is 48.9. The fourth-order valence-corrected chi connectivity index (χ4v) is 11.0. The first-order chi connectivity index (χ1) is 31.9. The number of amides is 4. The van der Waals surface area contributed by atoms with E-state index in [4.69, 9.17) is 14.5 Å². The van der Waals surface area contributed by atoms with Gasteiger partial charge in [0, 0.05) is 34.9 Å². The number of benzene rings is 2. The Labute approximate surface area is 395 Å². The number of halogens is 4. The number of hydrogen-bond acceptors (Lipinski definition) is 11. The third-order valence-electron chi connectivity index (χ3n) is 12.9. The number of rotatable bonds is 9. The third-order valence-corrected chi connectivity index (χ3v) is 16.0. The molecule has 2 aromatic heterocycles. The Morgan fingerprint density at radius 3 is 2.49 bits per heavy atom. The number of imidazole rings is 1. The van der Waals surface area contributed by atoms with Gasteiger partial charge >= 0.3 is 12.3 Å². The number of nitrogens with zero attached hydrogens (tertiary/aromatic N) is 4. The van der Waals surface area contributed by atoms with E-state index in [2.05, 4.69) is 20.3 Å². The molecular weight excluding hydrogens is 931 g/mol. The van der Waals surface area contributed by atoms with Gasteiger partial charge in [0.05, 0.1) is 28.1 Å². The number of ether oxygens (including phenoxy) is 2. The molecule has 2 saturated carbocycles. The van der Waals surface area contributed by atoms with Crippen LogP contribution in [0.15, 0.2) is 53.9 Å². The lowest BCUT2D eigenvalue weighted by Gasteiger charge is -2.30. The van der Waals surface area contributed by atoms with Gasteiger partial charge < -0.3 is 25.0 Å². The van der Waals surface area contributed by atoms with Crippen molar-refractivity contribution in [1.82, 2.24) is 34.8 Å². The van der Waals surface area contributed by atoms with E-state index in [9.17, 15) is 45.2 Å². The summed E-state index contributed by atoms with van der Waals surface area (Å²) in [5, 5.41) is 7.59. The van der Waals surface area contributed by atoms with E-state index in [0.29, 0.717) is 53.7 Å². The number of alkyl carbamates (subject to hydrolysis) is 1. The molecule has 0 spiro atoms. The van der Waals surface area contributed by atoms with Crippen molar-refractivity contribution in [3.8, 4) is 27.8 Å². The van der Waals surface area contributed by atoms with Crippen LogP contribution in [0, 0.1) is 11.7 Å². The molecule has 5 atom stereocenters. The zero-order chi connectivity index (χ0) is 49.1. The number of para-hydroxylation sites is 1. The predicted molar refractivity (Wildman–Crippen MR) is 245 cm³/mol. The number of thiazole rings is 1. The molecule has 0 radical (unpaired) electrons. The molecule has 0 unspecified atom stereocenters. The van der Waals surface area contributed by atoms with Crippen LogP contribution in [0.2, 0.25) is 0 Å². The monoisotopic (exact) mass is 985 g/mol. The van der Waals surface area contributed by atoms with Gasteiger partial charge in [-0.25, -0.2) is 22.6 Å². The second kappa shape index (κ2) is 18.1. The topological polar surface area (TPSA) is 191 Å².